The molecule has 0 saturated carbocycles. The number of hydrogen-bond donors (Lipinski definition) is 2. The molecule has 2 N–H and O–H groups in total. The molecule has 4 nitrogen and oxygen atoms in total. The first-order chi connectivity index (χ1) is 8.54. The van der Waals surface area contributed by atoms with Gasteiger partial charge >= 0.3 is 0 Å². The molecule has 0 bridgehead atoms. The van der Waals surface area contributed by atoms with E-state index in [0.717, 1.165) is 10.2 Å². The summed E-state index contributed by atoms with van der Waals surface area (Å²) in [5, 5.41) is 6.54. The predicted octanol–water partition coefficient (Wildman–Crippen LogP) is 2.54. The Morgan fingerprint density at radius 2 is 2.22 bits per heavy atom. The lowest BCUT2D eigenvalue weighted by atomic mass is 10.2. The first-order valence-electron chi connectivity index (χ1n) is 5.95. The van der Waals surface area contributed by atoms with Crippen molar-refractivity contribution >= 4 is 32.6 Å². The average molecular weight is 263 g/mol. The molecule has 0 unspecified atom stereocenters. The van der Waals surface area contributed by atoms with Crippen LogP contribution >= 0.6 is 11.3 Å². The van der Waals surface area contributed by atoms with Crippen molar-refractivity contribution in [2.75, 3.05) is 11.9 Å². The third kappa shape index (κ3) is 3.27. The molecule has 0 saturated heterocycles. The van der Waals surface area contributed by atoms with Crippen LogP contribution in [0.3, 0.4) is 0 Å². The van der Waals surface area contributed by atoms with Crippen LogP contribution < -0.4 is 10.6 Å². The second-order valence-electron chi connectivity index (χ2n) is 4.57. The highest BCUT2D eigenvalue weighted by atomic mass is 32.1. The van der Waals surface area contributed by atoms with Crippen molar-refractivity contribution in [3.63, 3.8) is 0 Å². The van der Waals surface area contributed by atoms with Gasteiger partial charge in [0, 0.05) is 6.04 Å². The number of benzene rings is 1. The molecule has 0 aliphatic carbocycles. The van der Waals surface area contributed by atoms with Crippen LogP contribution in [0.4, 0.5) is 5.13 Å². The molecule has 0 aliphatic rings. The van der Waals surface area contributed by atoms with E-state index < -0.39 is 0 Å². The number of carbonyl (C=O) groups excluding carboxylic acids is 1. The zero-order valence-corrected chi connectivity index (χ0v) is 11.6. The third-order valence-corrected chi connectivity index (χ3v) is 3.39. The van der Waals surface area contributed by atoms with Crippen LogP contribution in [0.1, 0.15) is 19.4 Å². The van der Waals surface area contributed by atoms with Crippen LogP contribution in [0.15, 0.2) is 18.2 Å². The van der Waals surface area contributed by atoms with Crippen LogP contribution in [0.2, 0.25) is 0 Å². The van der Waals surface area contributed by atoms with Gasteiger partial charge in [0.2, 0.25) is 5.91 Å². The molecule has 5 heteroatoms. The number of fused-ring (bicyclic) bond motifs is 1. The van der Waals surface area contributed by atoms with Crippen molar-refractivity contribution < 1.29 is 4.79 Å². The number of amides is 1. The summed E-state index contributed by atoms with van der Waals surface area (Å²) in [5.41, 5.74) is 2.13. The highest BCUT2D eigenvalue weighted by Gasteiger charge is 2.08. The van der Waals surface area contributed by atoms with Crippen LogP contribution in [-0.2, 0) is 4.79 Å². The maximum absolute atomic E-state index is 11.7. The van der Waals surface area contributed by atoms with Gasteiger partial charge in [-0.25, -0.2) is 4.98 Å². The van der Waals surface area contributed by atoms with Gasteiger partial charge in [-0.2, -0.15) is 0 Å². The van der Waals surface area contributed by atoms with Crippen molar-refractivity contribution in [3.8, 4) is 0 Å². The molecule has 1 aromatic carbocycles. The summed E-state index contributed by atoms with van der Waals surface area (Å²) in [6, 6.07) is 6.38. The van der Waals surface area contributed by atoms with Gasteiger partial charge in [-0.1, -0.05) is 31.3 Å². The van der Waals surface area contributed by atoms with Crippen LogP contribution in [0.5, 0.6) is 0 Å². The van der Waals surface area contributed by atoms with Crippen molar-refractivity contribution in [1.82, 2.24) is 10.3 Å². The van der Waals surface area contributed by atoms with E-state index in [1.165, 1.54) is 16.9 Å². The molecule has 2 rings (SSSR count). The van der Waals surface area contributed by atoms with E-state index in [9.17, 15) is 4.79 Å². The Hall–Kier alpha value is -1.46. The van der Waals surface area contributed by atoms with E-state index in [1.54, 1.807) is 0 Å². The number of carbonyl (C=O) groups is 1. The minimum absolute atomic E-state index is 0.0560. The second kappa shape index (κ2) is 5.46. The van der Waals surface area contributed by atoms with Crippen molar-refractivity contribution in [2.24, 2.45) is 0 Å². The topological polar surface area (TPSA) is 54.0 Å². The van der Waals surface area contributed by atoms with Crippen molar-refractivity contribution in [2.45, 2.75) is 26.8 Å². The molecule has 0 aliphatic heterocycles. The first-order valence-corrected chi connectivity index (χ1v) is 6.76. The van der Waals surface area contributed by atoms with E-state index in [1.807, 2.05) is 32.9 Å². The van der Waals surface area contributed by atoms with E-state index in [2.05, 4.69) is 21.7 Å². The second-order valence-corrected chi connectivity index (χ2v) is 5.60. The lowest BCUT2D eigenvalue weighted by Gasteiger charge is -2.06. The number of hydrogen-bond acceptors (Lipinski definition) is 4. The summed E-state index contributed by atoms with van der Waals surface area (Å²) < 4.78 is 1.10. The Balaban J connectivity index is 2.05. The summed E-state index contributed by atoms with van der Waals surface area (Å²) in [7, 11) is 0. The lowest BCUT2D eigenvalue weighted by Crippen LogP contribution is -2.32. The van der Waals surface area contributed by atoms with Gasteiger partial charge < -0.3 is 10.6 Å². The van der Waals surface area contributed by atoms with E-state index in [4.69, 9.17) is 0 Å². The van der Waals surface area contributed by atoms with Gasteiger partial charge in [0.05, 0.1) is 16.8 Å². The van der Waals surface area contributed by atoms with Gasteiger partial charge in [-0.15, -0.1) is 0 Å². The molecule has 96 valence electrons. The predicted molar refractivity (Wildman–Crippen MR) is 76.1 cm³/mol. The Bertz CT molecular complexity index is 562. The van der Waals surface area contributed by atoms with Crippen LogP contribution in [-0.4, -0.2) is 23.5 Å². The smallest absolute Gasteiger partial charge is 0.240 e. The summed E-state index contributed by atoms with van der Waals surface area (Å²) in [5.74, 6) is -0.0560. The largest absolute Gasteiger partial charge is 0.306 e. The fraction of sp³-hybridized carbons (Fsp3) is 0.385. The molecule has 2 aromatic rings. The number of aryl methyl sites for hydroxylation is 1. The number of nitrogens with zero attached hydrogens (tertiary/aromatic N) is 1. The highest BCUT2D eigenvalue weighted by molar-refractivity contribution is 7.22. The molecule has 1 heterocycles. The number of aromatic nitrogens is 1. The van der Waals surface area contributed by atoms with E-state index in [-0.39, 0.29) is 5.91 Å². The molecule has 0 radical (unpaired) electrons. The van der Waals surface area contributed by atoms with Gasteiger partial charge in [-0.05, 0) is 24.6 Å². The monoisotopic (exact) mass is 263 g/mol. The van der Waals surface area contributed by atoms with Gasteiger partial charge in [0.25, 0.3) is 0 Å². The fourth-order valence-corrected chi connectivity index (χ4v) is 2.53. The van der Waals surface area contributed by atoms with Gasteiger partial charge in [0.15, 0.2) is 5.13 Å². The number of anilines is 1. The molecule has 1 amide bonds. The molecule has 0 atom stereocenters. The van der Waals surface area contributed by atoms with Crippen LogP contribution in [0, 0.1) is 6.92 Å². The number of rotatable bonds is 4. The Morgan fingerprint density at radius 3 is 2.94 bits per heavy atom. The van der Waals surface area contributed by atoms with Crippen molar-refractivity contribution in [3.05, 3.63) is 23.8 Å². The molecule has 0 spiro atoms. The number of nitrogens with one attached hydrogen (secondary N) is 2. The first kappa shape index (κ1) is 13.0. The maximum atomic E-state index is 11.7. The maximum Gasteiger partial charge on any atom is 0.240 e. The molecular formula is C13H17N3OS. The summed E-state index contributed by atoms with van der Waals surface area (Å²) in [6.45, 7) is 6.37. The quantitative estimate of drug-likeness (QED) is 0.891. The Labute approximate surface area is 110 Å². The Kier molecular flexibility index (Phi) is 3.93. The van der Waals surface area contributed by atoms with Crippen LogP contribution in [0.25, 0.3) is 10.2 Å². The summed E-state index contributed by atoms with van der Waals surface area (Å²) in [6.07, 6.45) is 0. The van der Waals surface area contributed by atoms with Crippen molar-refractivity contribution in [1.29, 1.82) is 0 Å². The van der Waals surface area contributed by atoms with Gasteiger partial charge in [-0.3, -0.25) is 4.79 Å². The molecule has 0 fully saturated rings. The fourth-order valence-electron chi connectivity index (χ4n) is 1.55. The van der Waals surface area contributed by atoms with E-state index >= 15 is 0 Å². The molecular weight excluding hydrogens is 246 g/mol. The third-order valence-electron chi connectivity index (χ3n) is 2.46. The lowest BCUT2D eigenvalue weighted by molar-refractivity contribution is -0.115. The van der Waals surface area contributed by atoms with Gasteiger partial charge in [0.1, 0.15) is 0 Å². The SMILES string of the molecule is Cc1ccc2nc(NC(=O)CNC(C)C)sc2c1. The summed E-state index contributed by atoms with van der Waals surface area (Å²) in [4.78, 5) is 16.0. The zero-order valence-electron chi connectivity index (χ0n) is 10.8. The molecule has 1 aromatic heterocycles. The summed E-state index contributed by atoms with van der Waals surface area (Å²) >= 11 is 1.50. The Morgan fingerprint density at radius 1 is 1.44 bits per heavy atom. The zero-order chi connectivity index (χ0) is 13.1. The normalized spacial score (nSPS) is 11.1. The van der Waals surface area contributed by atoms with E-state index in [0.29, 0.717) is 17.7 Å². The minimum atomic E-state index is -0.0560. The highest BCUT2D eigenvalue weighted by Crippen LogP contribution is 2.26. The standard InChI is InChI=1S/C13H17N3OS/c1-8(2)14-7-12(17)16-13-15-10-5-4-9(3)6-11(10)18-13/h4-6,8,14H,7H2,1-3H3,(H,15,16,17). The minimum Gasteiger partial charge on any atom is -0.306 e. The number of thiazole rings is 1. The molecule has 18 heavy (non-hydrogen) atoms. The average Bonchev–Trinajstić information content (AvgIpc) is 2.67.